The zero-order valence-electron chi connectivity index (χ0n) is 13.4. The third-order valence-corrected chi connectivity index (χ3v) is 3.99. The molecule has 0 aliphatic rings. The van der Waals surface area contributed by atoms with Crippen LogP contribution >= 0.6 is 0 Å². The molecule has 0 amide bonds. The Morgan fingerprint density at radius 1 is 1.00 bits per heavy atom. The number of aromatic amines is 1. The minimum Gasteiger partial charge on any atom is -0.489 e. The van der Waals surface area contributed by atoms with Gasteiger partial charge in [-0.05, 0) is 48.5 Å². The number of aromatic nitrogens is 2. The van der Waals surface area contributed by atoms with E-state index in [1.807, 2.05) is 42.5 Å². The Kier molecular flexibility index (Phi) is 3.82. The van der Waals surface area contributed by atoms with Gasteiger partial charge in [-0.15, -0.1) is 0 Å². The van der Waals surface area contributed by atoms with Crippen molar-refractivity contribution in [1.29, 1.82) is 0 Å². The third kappa shape index (κ3) is 3.17. The number of nitrogens with two attached hydrogens (primary N) is 1. The summed E-state index contributed by atoms with van der Waals surface area (Å²) in [4.78, 5) is 7.81. The zero-order valence-corrected chi connectivity index (χ0v) is 13.4. The molecule has 0 aliphatic carbocycles. The van der Waals surface area contributed by atoms with E-state index in [0.29, 0.717) is 17.0 Å². The van der Waals surface area contributed by atoms with Crippen molar-refractivity contribution in [3.05, 3.63) is 78.1 Å². The number of halogens is 1. The fourth-order valence-electron chi connectivity index (χ4n) is 2.65. The van der Waals surface area contributed by atoms with Crippen molar-refractivity contribution in [2.24, 2.45) is 0 Å². The van der Waals surface area contributed by atoms with E-state index in [1.54, 1.807) is 18.2 Å². The van der Waals surface area contributed by atoms with E-state index in [4.69, 9.17) is 10.5 Å². The Bertz CT molecular complexity index is 1020. The molecule has 4 rings (SSSR count). The summed E-state index contributed by atoms with van der Waals surface area (Å²) in [6, 6.07) is 19.7. The average molecular weight is 333 g/mol. The van der Waals surface area contributed by atoms with Crippen LogP contribution in [-0.2, 0) is 6.61 Å². The van der Waals surface area contributed by atoms with E-state index in [9.17, 15) is 4.39 Å². The van der Waals surface area contributed by atoms with Crippen molar-refractivity contribution in [2.75, 3.05) is 5.73 Å². The topological polar surface area (TPSA) is 63.9 Å². The molecular weight excluding hydrogens is 317 g/mol. The molecule has 124 valence electrons. The Morgan fingerprint density at radius 2 is 1.80 bits per heavy atom. The van der Waals surface area contributed by atoms with Crippen molar-refractivity contribution in [3.63, 3.8) is 0 Å². The second-order valence-corrected chi connectivity index (χ2v) is 5.77. The Balaban J connectivity index is 1.52. The molecule has 0 spiro atoms. The van der Waals surface area contributed by atoms with E-state index < -0.39 is 0 Å². The van der Waals surface area contributed by atoms with Crippen LogP contribution in [0.15, 0.2) is 66.7 Å². The first kappa shape index (κ1) is 15.2. The minimum atomic E-state index is -0.263. The van der Waals surface area contributed by atoms with Gasteiger partial charge in [-0.1, -0.05) is 18.2 Å². The molecule has 1 heterocycles. The lowest BCUT2D eigenvalue weighted by molar-refractivity contribution is 0.300. The summed E-state index contributed by atoms with van der Waals surface area (Å²) in [6.45, 7) is 0.190. The molecule has 0 aliphatic heterocycles. The number of rotatable bonds is 4. The molecule has 4 aromatic rings. The summed E-state index contributed by atoms with van der Waals surface area (Å²) < 4.78 is 19.3. The molecule has 0 unspecified atom stereocenters. The van der Waals surface area contributed by atoms with Gasteiger partial charge in [0.05, 0.1) is 11.0 Å². The highest BCUT2D eigenvalue weighted by molar-refractivity contribution is 5.82. The predicted octanol–water partition coefficient (Wildman–Crippen LogP) is 4.53. The van der Waals surface area contributed by atoms with E-state index >= 15 is 0 Å². The van der Waals surface area contributed by atoms with Crippen molar-refractivity contribution in [1.82, 2.24) is 9.97 Å². The first-order valence-electron chi connectivity index (χ1n) is 7.91. The molecular formula is C20H16FN3O. The molecule has 3 N–H and O–H groups in total. The van der Waals surface area contributed by atoms with Crippen molar-refractivity contribution >= 4 is 16.7 Å². The number of H-pyrrole nitrogens is 1. The summed E-state index contributed by atoms with van der Waals surface area (Å²) in [7, 11) is 0. The summed E-state index contributed by atoms with van der Waals surface area (Å²) in [5, 5.41) is 0. The van der Waals surface area contributed by atoms with Crippen LogP contribution in [0, 0.1) is 5.82 Å². The van der Waals surface area contributed by atoms with Crippen LogP contribution in [0.2, 0.25) is 0 Å². The lowest BCUT2D eigenvalue weighted by atomic mass is 10.2. The largest absolute Gasteiger partial charge is 0.489 e. The highest BCUT2D eigenvalue weighted by Gasteiger charge is 2.06. The van der Waals surface area contributed by atoms with Crippen molar-refractivity contribution in [3.8, 4) is 17.1 Å². The van der Waals surface area contributed by atoms with Crippen molar-refractivity contribution < 1.29 is 9.13 Å². The SMILES string of the molecule is Nc1ccc2nc(-c3ccc(OCc4ccccc4F)cc3)[nH]c2c1. The number of anilines is 1. The maximum absolute atomic E-state index is 13.6. The number of fused-ring (bicyclic) bond motifs is 1. The average Bonchev–Trinajstić information content (AvgIpc) is 3.04. The first-order valence-corrected chi connectivity index (χ1v) is 7.91. The Hall–Kier alpha value is -3.34. The third-order valence-electron chi connectivity index (χ3n) is 3.99. The van der Waals surface area contributed by atoms with Crippen LogP contribution in [0.1, 0.15) is 5.56 Å². The van der Waals surface area contributed by atoms with E-state index in [2.05, 4.69) is 9.97 Å². The molecule has 0 fully saturated rings. The second kappa shape index (κ2) is 6.28. The number of nitrogen functional groups attached to an aromatic ring is 1. The molecule has 3 aromatic carbocycles. The minimum absolute atomic E-state index is 0.190. The summed E-state index contributed by atoms with van der Waals surface area (Å²) in [5.74, 6) is 1.18. The van der Waals surface area contributed by atoms with Gasteiger partial charge in [0.1, 0.15) is 24.0 Å². The fourth-order valence-corrected chi connectivity index (χ4v) is 2.65. The smallest absolute Gasteiger partial charge is 0.138 e. The van der Waals surface area contributed by atoms with Crippen LogP contribution < -0.4 is 10.5 Å². The van der Waals surface area contributed by atoms with Crippen LogP contribution in [0.3, 0.4) is 0 Å². The highest BCUT2D eigenvalue weighted by atomic mass is 19.1. The van der Waals surface area contributed by atoms with Gasteiger partial charge in [-0.2, -0.15) is 0 Å². The molecule has 0 saturated heterocycles. The van der Waals surface area contributed by atoms with Gasteiger partial charge in [0.25, 0.3) is 0 Å². The number of benzene rings is 3. The lowest BCUT2D eigenvalue weighted by Crippen LogP contribution is -1.98. The number of hydrogen-bond donors (Lipinski definition) is 2. The number of nitrogens with zero attached hydrogens (tertiary/aromatic N) is 1. The monoisotopic (exact) mass is 333 g/mol. The highest BCUT2D eigenvalue weighted by Crippen LogP contribution is 2.24. The van der Waals surface area contributed by atoms with Gasteiger partial charge >= 0.3 is 0 Å². The number of imidazole rings is 1. The van der Waals surface area contributed by atoms with Gasteiger partial charge < -0.3 is 15.5 Å². The van der Waals surface area contributed by atoms with Crippen LogP contribution in [0.25, 0.3) is 22.4 Å². The maximum Gasteiger partial charge on any atom is 0.138 e. The molecule has 0 bridgehead atoms. The Morgan fingerprint density at radius 3 is 2.60 bits per heavy atom. The molecule has 0 radical (unpaired) electrons. The van der Waals surface area contributed by atoms with Gasteiger partial charge in [0, 0.05) is 16.8 Å². The zero-order chi connectivity index (χ0) is 17.2. The fraction of sp³-hybridized carbons (Fsp3) is 0.0500. The first-order chi connectivity index (χ1) is 12.2. The second-order valence-electron chi connectivity index (χ2n) is 5.77. The molecule has 1 aromatic heterocycles. The van der Waals surface area contributed by atoms with E-state index in [-0.39, 0.29) is 12.4 Å². The van der Waals surface area contributed by atoms with Gasteiger partial charge in [0.15, 0.2) is 0 Å². The standard InChI is InChI=1S/C20H16FN3O/c21-17-4-2-1-3-14(17)12-25-16-8-5-13(6-9-16)20-23-18-10-7-15(22)11-19(18)24-20/h1-11H,12,22H2,(H,23,24). The predicted molar refractivity (Wildman–Crippen MR) is 96.7 cm³/mol. The molecule has 25 heavy (non-hydrogen) atoms. The van der Waals surface area contributed by atoms with Gasteiger partial charge in [-0.25, -0.2) is 9.37 Å². The molecule has 0 saturated carbocycles. The van der Waals surface area contributed by atoms with Crippen LogP contribution in [-0.4, -0.2) is 9.97 Å². The quantitative estimate of drug-likeness (QED) is 0.539. The summed E-state index contributed by atoms with van der Waals surface area (Å²) in [5.41, 5.74) is 9.72. The molecule has 5 heteroatoms. The number of ether oxygens (including phenoxy) is 1. The Labute approximate surface area is 144 Å². The number of hydrogen-bond acceptors (Lipinski definition) is 3. The normalized spacial score (nSPS) is 10.9. The van der Waals surface area contributed by atoms with E-state index in [1.165, 1.54) is 6.07 Å². The maximum atomic E-state index is 13.6. The molecule has 4 nitrogen and oxygen atoms in total. The van der Waals surface area contributed by atoms with Crippen LogP contribution in [0.4, 0.5) is 10.1 Å². The number of nitrogens with one attached hydrogen (secondary N) is 1. The van der Waals surface area contributed by atoms with E-state index in [0.717, 1.165) is 22.4 Å². The van der Waals surface area contributed by atoms with Gasteiger partial charge in [-0.3, -0.25) is 0 Å². The lowest BCUT2D eigenvalue weighted by Gasteiger charge is -2.07. The molecule has 0 atom stereocenters. The summed E-state index contributed by atoms with van der Waals surface area (Å²) in [6.07, 6.45) is 0. The van der Waals surface area contributed by atoms with Crippen LogP contribution in [0.5, 0.6) is 5.75 Å². The van der Waals surface area contributed by atoms with Crippen molar-refractivity contribution in [2.45, 2.75) is 6.61 Å². The summed E-state index contributed by atoms with van der Waals surface area (Å²) >= 11 is 0. The van der Waals surface area contributed by atoms with Gasteiger partial charge in [0.2, 0.25) is 0 Å².